The summed E-state index contributed by atoms with van der Waals surface area (Å²) >= 11 is 7.56. The van der Waals surface area contributed by atoms with Gasteiger partial charge in [-0.2, -0.15) is 0 Å². The number of rotatable bonds is 5. The quantitative estimate of drug-likeness (QED) is 0.572. The van der Waals surface area contributed by atoms with Crippen molar-refractivity contribution in [3.05, 3.63) is 46.2 Å². The van der Waals surface area contributed by atoms with Crippen LogP contribution < -0.4 is 10.1 Å². The molecule has 3 aromatic rings. The fourth-order valence-electron chi connectivity index (χ4n) is 3.65. The van der Waals surface area contributed by atoms with Crippen molar-refractivity contribution < 1.29 is 14.3 Å². The molecule has 2 heterocycles. The summed E-state index contributed by atoms with van der Waals surface area (Å²) in [5, 5.41) is 4.35. The summed E-state index contributed by atoms with van der Waals surface area (Å²) in [6.45, 7) is 0. The van der Waals surface area contributed by atoms with Crippen molar-refractivity contribution in [2.24, 2.45) is 5.92 Å². The number of hydrogen-bond acceptors (Lipinski definition) is 6. The van der Waals surface area contributed by atoms with Gasteiger partial charge in [0.25, 0.3) is 5.91 Å². The van der Waals surface area contributed by atoms with E-state index in [2.05, 4.69) is 10.3 Å². The van der Waals surface area contributed by atoms with Gasteiger partial charge in [0.15, 0.2) is 0 Å². The first kappa shape index (κ1) is 19.8. The SMILES string of the molecule is COc1cc2nc([C@H]3CC[C@H](C=O)CC3)sc2cc1NC(=O)c1cncc(Cl)c1. The maximum Gasteiger partial charge on any atom is 0.257 e. The Morgan fingerprint density at radius 1 is 1.24 bits per heavy atom. The molecule has 1 aliphatic rings. The number of pyridine rings is 1. The lowest BCUT2D eigenvalue weighted by Crippen LogP contribution is -2.13. The van der Waals surface area contributed by atoms with Crippen LogP contribution in [0.25, 0.3) is 10.2 Å². The lowest BCUT2D eigenvalue weighted by atomic mass is 9.83. The Morgan fingerprint density at radius 2 is 2.03 bits per heavy atom. The maximum atomic E-state index is 12.6. The smallest absolute Gasteiger partial charge is 0.257 e. The van der Waals surface area contributed by atoms with Crippen LogP contribution in [0.4, 0.5) is 5.69 Å². The van der Waals surface area contributed by atoms with Crippen LogP contribution in [-0.4, -0.2) is 29.3 Å². The third kappa shape index (κ3) is 4.26. The Labute approximate surface area is 177 Å². The summed E-state index contributed by atoms with van der Waals surface area (Å²) in [6.07, 6.45) is 7.81. The van der Waals surface area contributed by atoms with E-state index < -0.39 is 0 Å². The van der Waals surface area contributed by atoms with Gasteiger partial charge in [-0.25, -0.2) is 4.98 Å². The Morgan fingerprint density at radius 3 is 2.72 bits per heavy atom. The van der Waals surface area contributed by atoms with Crippen LogP contribution in [0.2, 0.25) is 5.02 Å². The van der Waals surface area contributed by atoms with E-state index in [4.69, 9.17) is 21.3 Å². The predicted octanol–water partition coefficient (Wildman–Crippen LogP) is 5.08. The molecular weight excluding hydrogens is 410 g/mol. The topological polar surface area (TPSA) is 81.2 Å². The molecule has 0 saturated heterocycles. The molecule has 150 valence electrons. The second-order valence-corrected chi connectivity index (χ2v) is 8.66. The summed E-state index contributed by atoms with van der Waals surface area (Å²) in [6, 6.07) is 5.30. The average Bonchev–Trinajstić information content (AvgIpc) is 3.16. The van der Waals surface area contributed by atoms with Gasteiger partial charge in [-0.1, -0.05) is 11.6 Å². The Hall–Kier alpha value is -2.51. The molecule has 1 amide bonds. The van der Waals surface area contributed by atoms with E-state index >= 15 is 0 Å². The molecule has 6 nitrogen and oxygen atoms in total. The first-order chi connectivity index (χ1) is 14.1. The fraction of sp³-hybridized carbons (Fsp3) is 0.333. The molecule has 0 atom stereocenters. The molecule has 0 aliphatic heterocycles. The number of nitrogens with zero attached hydrogens (tertiary/aromatic N) is 2. The largest absolute Gasteiger partial charge is 0.494 e. The summed E-state index contributed by atoms with van der Waals surface area (Å²) in [4.78, 5) is 32.3. The van der Waals surface area contributed by atoms with Gasteiger partial charge in [0, 0.05) is 30.3 Å². The highest BCUT2D eigenvalue weighted by Gasteiger charge is 2.25. The zero-order valence-electron chi connectivity index (χ0n) is 15.9. The number of anilines is 1. The number of aldehydes is 1. The molecule has 8 heteroatoms. The van der Waals surface area contributed by atoms with E-state index in [0.29, 0.717) is 27.9 Å². The summed E-state index contributed by atoms with van der Waals surface area (Å²) < 4.78 is 6.45. The first-order valence-electron chi connectivity index (χ1n) is 9.43. The van der Waals surface area contributed by atoms with Crippen LogP contribution >= 0.6 is 22.9 Å². The van der Waals surface area contributed by atoms with E-state index in [9.17, 15) is 9.59 Å². The molecule has 29 heavy (non-hydrogen) atoms. The molecule has 1 aromatic carbocycles. The van der Waals surface area contributed by atoms with Crippen LogP contribution in [0, 0.1) is 5.92 Å². The van der Waals surface area contributed by atoms with E-state index in [1.165, 1.54) is 12.4 Å². The van der Waals surface area contributed by atoms with Crippen molar-refractivity contribution in [1.82, 2.24) is 9.97 Å². The Bertz CT molecular complexity index is 1060. The van der Waals surface area contributed by atoms with E-state index in [1.807, 2.05) is 12.1 Å². The minimum atomic E-state index is -0.311. The normalized spacial score (nSPS) is 19.1. The molecule has 1 aliphatic carbocycles. The van der Waals surface area contributed by atoms with Gasteiger partial charge >= 0.3 is 0 Å². The summed E-state index contributed by atoms with van der Waals surface area (Å²) in [5.74, 6) is 0.797. The number of aromatic nitrogens is 2. The van der Waals surface area contributed by atoms with Crippen LogP contribution in [0.5, 0.6) is 5.75 Å². The van der Waals surface area contributed by atoms with E-state index in [-0.39, 0.29) is 11.8 Å². The minimum absolute atomic E-state index is 0.184. The van der Waals surface area contributed by atoms with Crippen molar-refractivity contribution in [2.45, 2.75) is 31.6 Å². The molecule has 1 saturated carbocycles. The lowest BCUT2D eigenvalue weighted by Gasteiger charge is -2.23. The molecule has 0 spiro atoms. The standard InChI is InChI=1S/C21H20ClN3O3S/c1-28-18-7-17-19(29-21(25-17)13-4-2-12(11-26)3-5-13)8-16(18)24-20(27)14-6-15(22)10-23-9-14/h6-13H,2-5H2,1H3,(H,24,27)/t12-,13-. The number of methoxy groups -OCH3 is 1. The number of hydrogen-bond donors (Lipinski definition) is 1. The van der Waals surface area contributed by atoms with Gasteiger partial charge in [0.05, 0.1) is 38.6 Å². The number of nitrogens with one attached hydrogen (secondary N) is 1. The highest BCUT2D eigenvalue weighted by Crippen LogP contribution is 2.40. The first-order valence-corrected chi connectivity index (χ1v) is 10.6. The van der Waals surface area contributed by atoms with Gasteiger partial charge in [-0.3, -0.25) is 9.78 Å². The Kier molecular flexibility index (Phi) is 5.78. The number of thiazole rings is 1. The molecule has 1 fully saturated rings. The average molecular weight is 430 g/mol. The van der Waals surface area contributed by atoms with Gasteiger partial charge in [0.2, 0.25) is 0 Å². The molecule has 2 aromatic heterocycles. The number of carbonyl (C=O) groups excluding carboxylic acids is 2. The van der Waals surface area contributed by atoms with Gasteiger partial charge in [0.1, 0.15) is 12.0 Å². The number of halogens is 1. The number of ether oxygens (including phenoxy) is 1. The summed E-state index contributed by atoms with van der Waals surface area (Å²) in [7, 11) is 1.56. The zero-order chi connectivity index (χ0) is 20.4. The van der Waals surface area contributed by atoms with Crippen molar-refractivity contribution in [3.63, 3.8) is 0 Å². The predicted molar refractivity (Wildman–Crippen MR) is 114 cm³/mol. The van der Waals surface area contributed by atoms with Crippen LogP contribution in [-0.2, 0) is 4.79 Å². The van der Waals surface area contributed by atoms with Crippen molar-refractivity contribution in [2.75, 3.05) is 12.4 Å². The van der Waals surface area contributed by atoms with Crippen molar-refractivity contribution in [1.29, 1.82) is 0 Å². The molecular formula is C21H20ClN3O3S. The maximum absolute atomic E-state index is 12.6. The molecule has 0 bridgehead atoms. The third-order valence-corrected chi connectivity index (χ3v) is 6.64. The van der Waals surface area contributed by atoms with Crippen molar-refractivity contribution in [3.8, 4) is 5.75 Å². The Balaban J connectivity index is 1.60. The molecule has 4 rings (SSSR count). The van der Waals surface area contributed by atoms with Gasteiger partial charge in [-0.15, -0.1) is 11.3 Å². The lowest BCUT2D eigenvalue weighted by molar-refractivity contribution is -0.111. The highest BCUT2D eigenvalue weighted by molar-refractivity contribution is 7.18. The van der Waals surface area contributed by atoms with Crippen molar-refractivity contribution >= 4 is 51.0 Å². The van der Waals surface area contributed by atoms with E-state index in [0.717, 1.165) is 47.2 Å². The third-order valence-electron chi connectivity index (χ3n) is 5.26. The summed E-state index contributed by atoms with van der Waals surface area (Å²) in [5.41, 5.74) is 1.79. The molecule has 0 unspecified atom stereocenters. The minimum Gasteiger partial charge on any atom is -0.494 e. The number of carbonyl (C=O) groups is 2. The monoisotopic (exact) mass is 429 g/mol. The van der Waals surface area contributed by atoms with Gasteiger partial charge < -0.3 is 14.8 Å². The van der Waals surface area contributed by atoms with E-state index in [1.54, 1.807) is 24.5 Å². The highest BCUT2D eigenvalue weighted by atomic mass is 35.5. The van der Waals surface area contributed by atoms with Crippen LogP contribution in [0.15, 0.2) is 30.6 Å². The zero-order valence-corrected chi connectivity index (χ0v) is 17.4. The molecule has 1 N–H and O–H groups in total. The number of fused-ring (bicyclic) bond motifs is 1. The second kappa shape index (κ2) is 8.47. The number of amides is 1. The van der Waals surface area contributed by atoms with Gasteiger partial charge in [-0.05, 0) is 37.8 Å². The second-order valence-electron chi connectivity index (χ2n) is 7.17. The van der Waals surface area contributed by atoms with Crippen LogP contribution in [0.1, 0.15) is 47.0 Å². The van der Waals surface area contributed by atoms with Crippen LogP contribution in [0.3, 0.4) is 0 Å². The fourth-order valence-corrected chi connectivity index (χ4v) is 4.98. The molecule has 0 radical (unpaired) electrons. The number of benzene rings is 1.